The molecule has 38 heavy (non-hydrogen) atoms. The molecular formula is C28H24N2O7S. The Morgan fingerprint density at radius 1 is 0.974 bits per heavy atom. The Bertz CT molecular complexity index is 1450. The van der Waals surface area contributed by atoms with Crippen LogP contribution < -0.4 is 9.47 Å². The quantitative estimate of drug-likeness (QED) is 0.356. The number of hydrogen-bond donors (Lipinski definition) is 2. The van der Waals surface area contributed by atoms with E-state index in [1.165, 1.54) is 48.0 Å². The van der Waals surface area contributed by atoms with Crippen LogP contribution in [-0.2, 0) is 11.4 Å². The summed E-state index contributed by atoms with van der Waals surface area (Å²) in [4.78, 5) is 41.8. The molecule has 1 heterocycles. The lowest BCUT2D eigenvalue weighted by molar-refractivity contribution is -0.122. The number of carboxylic acid groups (broad SMARTS) is 2. The van der Waals surface area contributed by atoms with Crippen LogP contribution >= 0.6 is 11.8 Å². The Morgan fingerprint density at radius 2 is 1.71 bits per heavy atom. The molecule has 3 aromatic carbocycles. The summed E-state index contributed by atoms with van der Waals surface area (Å²) in [5.74, 6) is -1.26. The molecule has 1 amide bonds. The summed E-state index contributed by atoms with van der Waals surface area (Å²) in [6, 6.07) is 17.9. The van der Waals surface area contributed by atoms with Gasteiger partial charge in [0.1, 0.15) is 6.61 Å². The van der Waals surface area contributed by atoms with Crippen molar-refractivity contribution in [2.45, 2.75) is 13.5 Å². The van der Waals surface area contributed by atoms with Gasteiger partial charge in [0, 0.05) is 6.54 Å². The van der Waals surface area contributed by atoms with Crippen molar-refractivity contribution < 1.29 is 34.1 Å². The van der Waals surface area contributed by atoms with Crippen molar-refractivity contribution in [3.8, 4) is 11.5 Å². The highest BCUT2D eigenvalue weighted by atomic mass is 32.2. The Hall–Kier alpha value is -4.57. The van der Waals surface area contributed by atoms with Crippen LogP contribution in [0.1, 0.15) is 38.8 Å². The van der Waals surface area contributed by atoms with E-state index in [1.807, 2.05) is 6.92 Å². The third kappa shape index (κ3) is 6.04. The highest BCUT2D eigenvalue weighted by Gasteiger charge is 2.32. The van der Waals surface area contributed by atoms with Crippen LogP contribution in [0.2, 0.25) is 0 Å². The first-order valence-electron chi connectivity index (χ1n) is 11.6. The predicted molar refractivity (Wildman–Crippen MR) is 144 cm³/mol. The van der Waals surface area contributed by atoms with E-state index in [9.17, 15) is 19.5 Å². The minimum atomic E-state index is -1.05. The Morgan fingerprint density at radius 3 is 2.37 bits per heavy atom. The van der Waals surface area contributed by atoms with Gasteiger partial charge in [-0.1, -0.05) is 24.3 Å². The summed E-state index contributed by atoms with van der Waals surface area (Å²) in [5, 5.41) is 18.7. The number of likely N-dealkylation sites (N-methyl/N-ethyl adjacent to an activating group) is 1. The van der Waals surface area contributed by atoms with Crippen LogP contribution in [0.4, 0.5) is 5.69 Å². The van der Waals surface area contributed by atoms with E-state index in [4.69, 9.17) is 14.6 Å². The number of carboxylic acids is 2. The van der Waals surface area contributed by atoms with Crippen molar-refractivity contribution >= 4 is 46.5 Å². The molecule has 1 aliphatic heterocycles. The molecule has 0 bridgehead atoms. The van der Waals surface area contributed by atoms with Gasteiger partial charge < -0.3 is 19.7 Å². The van der Waals surface area contributed by atoms with Crippen LogP contribution in [0, 0.1) is 0 Å². The van der Waals surface area contributed by atoms with Gasteiger partial charge in [0.25, 0.3) is 5.91 Å². The number of carbonyl (C=O) groups excluding carboxylic acids is 1. The Kier molecular flexibility index (Phi) is 8.12. The summed E-state index contributed by atoms with van der Waals surface area (Å²) in [6.45, 7) is 2.47. The second-order valence-corrected chi connectivity index (χ2v) is 9.12. The lowest BCUT2D eigenvalue weighted by atomic mass is 10.1. The van der Waals surface area contributed by atoms with Gasteiger partial charge >= 0.3 is 11.9 Å². The van der Waals surface area contributed by atoms with E-state index in [0.29, 0.717) is 33.8 Å². The van der Waals surface area contributed by atoms with Gasteiger partial charge in [-0.3, -0.25) is 9.69 Å². The summed E-state index contributed by atoms with van der Waals surface area (Å²) in [5.41, 5.74) is 2.29. The molecule has 3 aromatic rings. The number of nitrogens with zero attached hydrogens (tertiary/aromatic N) is 2. The lowest BCUT2D eigenvalue weighted by Crippen LogP contribution is -2.28. The smallest absolute Gasteiger partial charge is 0.335 e. The molecule has 194 valence electrons. The maximum atomic E-state index is 13.0. The molecule has 10 heteroatoms. The second kappa shape index (κ2) is 11.7. The Labute approximate surface area is 223 Å². The number of amides is 1. The second-order valence-electron chi connectivity index (χ2n) is 8.11. The minimum Gasteiger partial charge on any atom is -0.493 e. The van der Waals surface area contributed by atoms with Crippen LogP contribution in [0.25, 0.3) is 6.08 Å². The molecule has 0 radical (unpaired) electrons. The normalized spacial score (nSPS) is 15.2. The third-order valence-corrected chi connectivity index (χ3v) is 6.61. The standard InChI is InChI=1S/C28H24N2O7S/c1-3-30-25(31)24(38-28(30)29-21-6-4-5-20(15-21)27(34)35)14-18-9-12-22(23(13-18)36-2)37-16-17-7-10-19(11-8-17)26(32)33/h4-15H,3,16H2,1-2H3,(H,32,33)(H,34,35). The van der Waals surface area contributed by atoms with Crippen molar-refractivity contribution in [1.29, 1.82) is 0 Å². The number of methoxy groups -OCH3 is 1. The molecule has 9 nitrogen and oxygen atoms in total. The number of ether oxygens (including phenoxy) is 2. The third-order valence-electron chi connectivity index (χ3n) is 5.60. The van der Waals surface area contributed by atoms with Gasteiger partial charge in [-0.2, -0.15) is 0 Å². The first-order chi connectivity index (χ1) is 18.3. The highest BCUT2D eigenvalue weighted by molar-refractivity contribution is 8.18. The fourth-order valence-corrected chi connectivity index (χ4v) is 4.70. The monoisotopic (exact) mass is 532 g/mol. The topological polar surface area (TPSA) is 126 Å². The summed E-state index contributed by atoms with van der Waals surface area (Å²) in [6.07, 6.45) is 1.74. The average molecular weight is 533 g/mol. The molecule has 2 N–H and O–H groups in total. The molecular weight excluding hydrogens is 508 g/mol. The zero-order chi connectivity index (χ0) is 27.2. The van der Waals surface area contributed by atoms with E-state index in [-0.39, 0.29) is 23.6 Å². The van der Waals surface area contributed by atoms with E-state index in [1.54, 1.807) is 48.5 Å². The molecule has 0 saturated carbocycles. The van der Waals surface area contributed by atoms with Crippen molar-refractivity contribution in [3.05, 3.63) is 93.9 Å². The van der Waals surface area contributed by atoms with E-state index in [2.05, 4.69) is 4.99 Å². The molecule has 1 saturated heterocycles. The molecule has 0 aromatic heterocycles. The first kappa shape index (κ1) is 26.5. The minimum absolute atomic E-state index is 0.117. The largest absolute Gasteiger partial charge is 0.493 e. The van der Waals surface area contributed by atoms with Gasteiger partial charge in [-0.25, -0.2) is 14.6 Å². The summed E-state index contributed by atoms with van der Waals surface area (Å²) < 4.78 is 11.4. The van der Waals surface area contributed by atoms with Crippen molar-refractivity contribution in [1.82, 2.24) is 4.90 Å². The molecule has 1 fully saturated rings. The lowest BCUT2D eigenvalue weighted by Gasteiger charge is -2.12. The van der Waals surface area contributed by atoms with Crippen molar-refractivity contribution in [2.75, 3.05) is 13.7 Å². The SMILES string of the molecule is CCN1C(=O)C(=Cc2ccc(OCc3ccc(C(=O)O)cc3)c(OC)c2)SC1=Nc1cccc(C(=O)O)c1. The first-order valence-corrected chi connectivity index (χ1v) is 12.4. The van der Waals surface area contributed by atoms with Crippen LogP contribution in [0.5, 0.6) is 11.5 Å². The maximum absolute atomic E-state index is 13.0. The molecule has 0 unspecified atom stereocenters. The summed E-state index contributed by atoms with van der Waals surface area (Å²) >= 11 is 1.21. The van der Waals surface area contributed by atoms with Gasteiger partial charge in [-0.15, -0.1) is 0 Å². The zero-order valence-electron chi connectivity index (χ0n) is 20.6. The van der Waals surface area contributed by atoms with Crippen molar-refractivity contribution in [2.24, 2.45) is 4.99 Å². The number of hydrogen-bond acceptors (Lipinski definition) is 7. The average Bonchev–Trinajstić information content (AvgIpc) is 3.21. The molecule has 4 rings (SSSR count). The van der Waals surface area contributed by atoms with Crippen molar-refractivity contribution in [3.63, 3.8) is 0 Å². The molecule has 0 spiro atoms. The number of aromatic carboxylic acids is 2. The van der Waals surface area contributed by atoms with Gasteiger partial charge in [-0.05, 0) is 78.4 Å². The fourth-order valence-electron chi connectivity index (χ4n) is 3.64. The van der Waals surface area contributed by atoms with E-state index < -0.39 is 11.9 Å². The summed E-state index contributed by atoms with van der Waals surface area (Å²) in [7, 11) is 1.52. The number of aliphatic imine (C=N–C) groups is 1. The predicted octanol–water partition coefficient (Wildman–Crippen LogP) is 5.29. The highest BCUT2D eigenvalue weighted by Crippen LogP contribution is 2.36. The van der Waals surface area contributed by atoms with E-state index >= 15 is 0 Å². The van der Waals surface area contributed by atoms with Crippen LogP contribution in [-0.4, -0.2) is 51.8 Å². The van der Waals surface area contributed by atoms with Gasteiger partial charge in [0.15, 0.2) is 16.7 Å². The zero-order valence-corrected chi connectivity index (χ0v) is 21.4. The number of thioether (sulfide) groups is 1. The molecule has 0 aliphatic carbocycles. The van der Waals surface area contributed by atoms with Crippen LogP contribution in [0.3, 0.4) is 0 Å². The number of amidine groups is 1. The van der Waals surface area contributed by atoms with Gasteiger partial charge in [0.2, 0.25) is 0 Å². The van der Waals surface area contributed by atoms with Gasteiger partial charge in [0.05, 0.1) is 28.8 Å². The Balaban J connectivity index is 1.52. The van der Waals surface area contributed by atoms with E-state index in [0.717, 1.165) is 11.1 Å². The number of benzene rings is 3. The fraction of sp³-hybridized carbons (Fsp3) is 0.143. The number of rotatable bonds is 9. The molecule has 1 aliphatic rings. The van der Waals surface area contributed by atoms with Crippen LogP contribution in [0.15, 0.2) is 76.6 Å². The number of carbonyl (C=O) groups is 3. The molecule has 0 atom stereocenters. The maximum Gasteiger partial charge on any atom is 0.335 e.